The lowest BCUT2D eigenvalue weighted by Gasteiger charge is -2.15. The van der Waals surface area contributed by atoms with Gasteiger partial charge in [0.25, 0.3) is 5.91 Å². The number of hydrogen-bond donors (Lipinski definition) is 2. The molecule has 1 fully saturated rings. The Hall–Kier alpha value is -2.55. The van der Waals surface area contributed by atoms with Gasteiger partial charge in [-0.15, -0.1) is 11.8 Å². The van der Waals surface area contributed by atoms with Gasteiger partial charge < -0.3 is 15.0 Å². The zero-order valence-corrected chi connectivity index (χ0v) is 16.0. The number of carbonyl (C=O) groups excluding carboxylic acids is 4. The number of urea groups is 1. The summed E-state index contributed by atoms with van der Waals surface area (Å²) in [5, 5.41) is 4.46. The van der Waals surface area contributed by atoms with Gasteiger partial charge in [-0.25, -0.2) is 9.59 Å². The Morgan fingerprint density at radius 3 is 2.56 bits per heavy atom. The minimum Gasteiger partial charge on any atom is -0.452 e. The van der Waals surface area contributed by atoms with Gasteiger partial charge in [0.05, 0.1) is 11.3 Å². The normalized spacial score (nSPS) is 13.1. The maximum absolute atomic E-state index is 12.3. The molecule has 0 saturated carbocycles. The SMILES string of the molecule is CCNC(=O)NC(=O)COC(=O)c1ccccc1SCC(=O)N1CCCC1. The Morgan fingerprint density at radius 1 is 1.15 bits per heavy atom. The molecular weight excluding hydrogens is 370 g/mol. The van der Waals surface area contributed by atoms with Crippen molar-refractivity contribution in [2.45, 2.75) is 24.7 Å². The fraction of sp³-hybridized carbons (Fsp3) is 0.444. The maximum Gasteiger partial charge on any atom is 0.339 e. The Balaban J connectivity index is 1.87. The van der Waals surface area contributed by atoms with E-state index in [2.05, 4.69) is 10.6 Å². The minimum atomic E-state index is -0.719. The molecule has 1 aromatic rings. The van der Waals surface area contributed by atoms with E-state index in [0.29, 0.717) is 11.4 Å². The lowest BCUT2D eigenvalue weighted by Crippen LogP contribution is -2.41. The second-order valence-corrected chi connectivity index (χ2v) is 6.87. The molecule has 0 aliphatic carbocycles. The molecule has 0 bridgehead atoms. The molecule has 2 rings (SSSR count). The van der Waals surface area contributed by atoms with Gasteiger partial charge in [0.15, 0.2) is 6.61 Å². The number of hydrogen-bond acceptors (Lipinski definition) is 6. The van der Waals surface area contributed by atoms with Crippen LogP contribution in [-0.2, 0) is 14.3 Å². The molecule has 2 N–H and O–H groups in total. The number of imide groups is 1. The van der Waals surface area contributed by atoms with E-state index in [1.54, 1.807) is 31.2 Å². The van der Waals surface area contributed by atoms with Crippen molar-refractivity contribution in [1.29, 1.82) is 0 Å². The third-order valence-corrected chi connectivity index (χ3v) is 4.90. The predicted octanol–water partition coefficient (Wildman–Crippen LogP) is 1.40. The molecule has 1 saturated heterocycles. The first-order chi connectivity index (χ1) is 13.0. The first kappa shape index (κ1) is 20.8. The lowest BCUT2D eigenvalue weighted by molar-refractivity contribution is -0.127. The van der Waals surface area contributed by atoms with Crippen LogP contribution in [0.3, 0.4) is 0 Å². The summed E-state index contributed by atoms with van der Waals surface area (Å²) in [6.07, 6.45) is 2.05. The van der Waals surface area contributed by atoms with Gasteiger partial charge in [-0.1, -0.05) is 12.1 Å². The summed E-state index contributed by atoms with van der Waals surface area (Å²) < 4.78 is 4.98. The molecule has 4 amide bonds. The van der Waals surface area contributed by atoms with E-state index in [1.807, 2.05) is 4.90 Å². The zero-order chi connectivity index (χ0) is 19.6. The maximum atomic E-state index is 12.3. The Bertz CT molecular complexity index is 704. The van der Waals surface area contributed by atoms with Crippen molar-refractivity contribution in [3.05, 3.63) is 29.8 Å². The van der Waals surface area contributed by atoms with Crippen LogP contribution in [0.5, 0.6) is 0 Å². The number of thioether (sulfide) groups is 1. The van der Waals surface area contributed by atoms with Gasteiger partial charge in [0.1, 0.15) is 0 Å². The number of nitrogens with one attached hydrogen (secondary N) is 2. The molecule has 0 atom stereocenters. The van der Waals surface area contributed by atoms with Gasteiger partial charge >= 0.3 is 12.0 Å². The van der Waals surface area contributed by atoms with Crippen molar-refractivity contribution >= 4 is 35.6 Å². The van der Waals surface area contributed by atoms with Crippen molar-refractivity contribution in [3.63, 3.8) is 0 Å². The molecule has 9 heteroatoms. The molecule has 1 aromatic carbocycles. The monoisotopic (exact) mass is 393 g/mol. The first-order valence-corrected chi connectivity index (χ1v) is 9.74. The molecule has 1 aliphatic heterocycles. The predicted molar refractivity (Wildman–Crippen MR) is 100 cm³/mol. The van der Waals surface area contributed by atoms with Gasteiger partial charge in [0.2, 0.25) is 5.91 Å². The lowest BCUT2D eigenvalue weighted by atomic mass is 10.2. The van der Waals surface area contributed by atoms with Crippen molar-refractivity contribution < 1.29 is 23.9 Å². The minimum absolute atomic E-state index is 0.0435. The highest BCUT2D eigenvalue weighted by molar-refractivity contribution is 8.00. The standard InChI is InChI=1S/C18H23N3O5S/c1-2-19-18(25)20-15(22)11-26-17(24)13-7-3-4-8-14(13)27-12-16(23)21-9-5-6-10-21/h3-4,7-8H,2,5-6,9-12H2,1H3,(H2,19,20,22,25). The highest BCUT2D eigenvalue weighted by atomic mass is 32.2. The second kappa shape index (κ2) is 10.6. The molecule has 27 heavy (non-hydrogen) atoms. The Kier molecular flexibility index (Phi) is 8.12. The van der Waals surface area contributed by atoms with Crippen LogP contribution in [0.1, 0.15) is 30.1 Å². The van der Waals surface area contributed by atoms with Gasteiger partial charge in [-0.3, -0.25) is 14.9 Å². The molecule has 146 valence electrons. The van der Waals surface area contributed by atoms with E-state index < -0.39 is 24.5 Å². The summed E-state index contributed by atoms with van der Waals surface area (Å²) in [4.78, 5) is 49.7. The number of amides is 4. The molecule has 0 unspecified atom stereocenters. The van der Waals surface area contributed by atoms with E-state index in [0.717, 1.165) is 25.9 Å². The number of ether oxygens (including phenoxy) is 1. The largest absolute Gasteiger partial charge is 0.452 e. The van der Waals surface area contributed by atoms with Crippen LogP contribution in [0.15, 0.2) is 29.2 Å². The summed E-state index contributed by atoms with van der Waals surface area (Å²) in [5.74, 6) is -1.12. The topological polar surface area (TPSA) is 105 Å². The first-order valence-electron chi connectivity index (χ1n) is 8.75. The van der Waals surface area contributed by atoms with Gasteiger partial charge in [-0.2, -0.15) is 0 Å². The van der Waals surface area contributed by atoms with Crippen LogP contribution in [-0.4, -0.2) is 60.7 Å². The highest BCUT2D eigenvalue weighted by Crippen LogP contribution is 2.24. The van der Waals surface area contributed by atoms with E-state index in [4.69, 9.17) is 4.74 Å². The smallest absolute Gasteiger partial charge is 0.339 e. The second-order valence-electron chi connectivity index (χ2n) is 5.86. The van der Waals surface area contributed by atoms with E-state index >= 15 is 0 Å². The summed E-state index contributed by atoms with van der Waals surface area (Å²) >= 11 is 1.27. The average Bonchev–Trinajstić information content (AvgIpc) is 3.19. The van der Waals surface area contributed by atoms with Crippen LogP contribution >= 0.6 is 11.8 Å². The highest BCUT2D eigenvalue weighted by Gasteiger charge is 2.20. The Morgan fingerprint density at radius 2 is 1.85 bits per heavy atom. The third-order valence-electron chi connectivity index (χ3n) is 3.84. The molecular formula is C18H23N3O5S. The number of rotatable bonds is 7. The zero-order valence-electron chi connectivity index (χ0n) is 15.2. The molecule has 1 aliphatic rings. The molecule has 0 spiro atoms. The molecule has 0 radical (unpaired) electrons. The molecule has 0 aromatic heterocycles. The summed E-state index contributed by atoms with van der Waals surface area (Å²) in [7, 11) is 0. The third kappa shape index (κ3) is 6.59. The van der Waals surface area contributed by atoms with Gasteiger partial charge in [-0.05, 0) is 31.9 Å². The fourth-order valence-corrected chi connectivity index (χ4v) is 3.48. The summed E-state index contributed by atoms with van der Waals surface area (Å²) in [5.41, 5.74) is 0.280. The summed E-state index contributed by atoms with van der Waals surface area (Å²) in [6, 6.07) is 6.11. The average molecular weight is 393 g/mol. The van der Waals surface area contributed by atoms with E-state index in [9.17, 15) is 19.2 Å². The van der Waals surface area contributed by atoms with Gasteiger partial charge in [0, 0.05) is 24.5 Å². The van der Waals surface area contributed by atoms with Crippen molar-refractivity contribution in [2.24, 2.45) is 0 Å². The van der Waals surface area contributed by atoms with E-state index in [1.165, 1.54) is 11.8 Å². The Labute approximate surface area is 162 Å². The number of carbonyl (C=O) groups is 4. The van der Waals surface area contributed by atoms with Crippen LogP contribution in [0, 0.1) is 0 Å². The fourth-order valence-electron chi connectivity index (χ4n) is 2.53. The van der Waals surface area contributed by atoms with Crippen molar-refractivity contribution in [3.8, 4) is 0 Å². The van der Waals surface area contributed by atoms with Crippen LogP contribution < -0.4 is 10.6 Å². The molecule has 1 heterocycles. The van der Waals surface area contributed by atoms with Crippen molar-refractivity contribution in [2.75, 3.05) is 32.0 Å². The number of esters is 1. The quantitative estimate of drug-likeness (QED) is 0.536. The number of nitrogens with zero attached hydrogens (tertiary/aromatic N) is 1. The van der Waals surface area contributed by atoms with Crippen LogP contribution in [0.2, 0.25) is 0 Å². The number of benzene rings is 1. The summed E-state index contributed by atoms with van der Waals surface area (Å²) in [6.45, 7) is 3.09. The van der Waals surface area contributed by atoms with E-state index in [-0.39, 0.29) is 17.2 Å². The molecule has 8 nitrogen and oxygen atoms in total. The number of likely N-dealkylation sites (tertiary alicyclic amines) is 1. The van der Waals surface area contributed by atoms with Crippen LogP contribution in [0.4, 0.5) is 4.79 Å². The van der Waals surface area contributed by atoms with Crippen LogP contribution in [0.25, 0.3) is 0 Å². The van der Waals surface area contributed by atoms with Crippen molar-refractivity contribution in [1.82, 2.24) is 15.5 Å².